The van der Waals surface area contributed by atoms with Crippen LogP contribution in [-0.2, 0) is 12.4 Å². The SMILES string of the molecule is CC(C)N(C)Cc1ccc(-c2nc(CCl)cs2)cc1F. The number of rotatable bonds is 5. The van der Waals surface area contributed by atoms with Gasteiger partial charge in [-0.15, -0.1) is 22.9 Å². The van der Waals surface area contributed by atoms with E-state index in [9.17, 15) is 4.39 Å². The predicted octanol–water partition coefficient (Wildman–Crippen LogP) is 4.53. The number of nitrogens with zero attached hydrogens (tertiary/aromatic N) is 2. The Hall–Kier alpha value is -0.970. The summed E-state index contributed by atoms with van der Waals surface area (Å²) in [7, 11) is 1.99. The summed E-state index contributed by atoms with van der Waals surface area (Å²) in [5, 5.41) is 2.71. The third kappa shape index (κ3) is 3.57. The van der Waals surface area contributed by atoms with Crippen LogP contribution in [0.4, 0.5) is 4.39 Å². The molecule has 0 spiro atoms. The normalized spacial score (nSPS) is 11.6. The Morgan fingerprint density at radius 2 is 2.15 bits per heavy atom. The lowest BCUT2D eigenvalue weighted by Gasteiger charge is -2.21. The summed E-state index contributed by atoms with van der Waals surface area (Å²) in [6.07, 6.45) is 0. The largest absolute Gasteiger partial charge is 0.300 e. The highest BCUT2D eigenvalue weighted by Crippen LogP contribution is 2.26. The van der Waals surface area contributed by atoms with E-state index in [0.29, 0.717) is 24.0 Å². The molecule has 0 saturated heterocycles. The Kier molecular flexibility index (Phi) is 5.13. The van der Waals surface area contributed by atoms with Gasteiger partial charge in [-0.3, -0.25) is 4.90 Å². The predicted molar refractivity (Wildman–Crippen MR) is 83.7 cm³/mol. The van der Waals surface area contributed by atoms with Crippen molar-refractivity contribution in [1.29, 1.82) is 0 Å². The summed E-state index contributed by atoms with van der Waals surface area (Å²) in [5.41, 5.74) is 2.34. The maximum Gasteiger partial charge on any atom is 0.128 e. The number of hydrogen-bond acceptors (Lipinski definition) is 3. The third-order valence-corrected chi connectivity index (χ3v) is 4.50. The molecule has 1 aromatic carbocycles. The molecule has 2 nitrogen and oxygen atoms in total. The number of aromatic nitrogens is 1. The van der Waals surface area contributed by atoms with Gasteiger partial charge in [-0.2, -0.15) is 0 Å². The monoisotopic (exact) mass is 312 g/mol. The van der Waals surface area contributed by atoms with Gasteiger partial charge in [0.15, 0.2) is 0 Å². The highest BCUT2D eigenvalue weighted by Gasteiger charge is 2.11. The first-order valence-corrected chi connectivity index (χ1v) is 7.92. The lowest BCUT2D eigenvalue weighted by molar-refractivity contribution is 0.262. The van der Waals surface area contributed by atoms with Crippen molar-refractivity contribution >= 4 is 22.9 Å². The Bertz CT molecular complexity index is 583. The van der Waals surface area contributed by atoms with Crippen molar-refractivity contribution < 1.29 is 4.39 Å². The van der Waals surface area contributed by atoms with Gasteiger partial charge in [-0.25, -0.2) is 9.37 Å². The molecule has 1 heterocycles. The third-order valence-electron chi connectivity index (χ3n) is 3.29. The molecular weight excluding hydrogens is 295 g/mol. The molecule has 0 atom stereocenters. The second-order valence-electron chi connectivity index (χ2n) is 5.09. The minimum absolute atomic E-state index is 0.183. The van der Waals surface area contributed by atoms with Gasteiger partial charge in [-0.1, -0.05) is 12.1 Å². The Morgan fingerprint density at radius 1 is 1.40 bits per heavy atom. The van der Waals surface area contributed by atoms with E-state index in [-0.39, 0.29) is 5.82 Å². The van der Waals surface area contributed by atoms with Gasteiger partial charge in [0.05, 0.1) is 11.6 Å². The molecule has 1 aromatic heterocycles. The van der Waals surface area contributed by atoms with Crippen LogP contribution in [0, 0.1) is 5.82 Å². The fraction of sp³-hybridized carbons (Fsp3) is 0.400. The van der Waals surface area contributed by atoms with Crippen LogP contribution in [0.25, 0.3) is 10.6 Å². The number of thiazole rings is 1. The van der Waals surface area contributed by atoms with Gasteiger partial charge in [0.1, 0.15) is 10.8 Å². The Balaban J connectivity index is 2.21. The van der Waals surface area contributed by atoms with Crippen LogP contribution in [0.2, 0.25) is 0 Å². The Morgan fingerprint density at radius 3 is 2.70 bits per heavy atom. The van der Waals surface area contributed by atoms with E-state index in [1.54, 1.807) is 6.07 Å². The van der Waals surface area contributed by atoms with Crippen molar-refractivity contribution in [3.05, 3.63) is 40.7 Å². The summed E-state index contributed by atoms with van der Waals surface area (Å²) in [6, 6.07) is 5.70. The quantitative estimate of drug-likeness (QED) is 0.754. The number of hydrogen-bond donors (Lipinski definition) is 0. The van der Waals surface area contributed by atoms with Crippen LogP contribution in [0.3, 0.4) is 0 Å². The van der Waals surface area contributed by atoms with Crippen LogP contribution >= 0.6 is 22.9 Å². The van der Waals surface area contributed by atoms with Gasteiger partial charge in [-0.05, 0) is 27.0 Å². The van der Waals surface area contributed by atoms with E-state index < -0.39 is 0 Å². The molecule has 0 aliphatic heterocycles. The summed E-state index contributed by atoms with van der Waals surface area (Å²) in [4.78, 5) is 6.47. The number of alkyl halides is 1. The molecule has 0 fully saturated rings. The lowest BCUT2D eigenvalue weighted by Crippen LogP contribution is -2.26. The minimum Gasteiger partial charge on any atom is -0.300 e. The first kappa shape index (κ1) is 15.4. The molecule has 0 aliphatic carbocycles. The number of halogens is 2. The van der Waals surface area contributed by atoms with Crippen LogP contribution in [0.1, 0.15) is 25.1 Å². The fourth-order valence-electron chi connectivity index (χ4n) is 1.76. The molecule has 0 radical (unpaired) electrons. The van der Waals surface area contributed by atoms with Gasteiger partial charge in [0, 0.05) is 29.1 Å². The van der Waals surface area contributed by atoms with Gasteiger partial charge >= 0.3 is 0 Å². The van der Waals surface area contributed by atoms with Crippen molar-refractivity contribution in [1.82, 2.24) is 9.88 Å². The van der Waals surface area contributed by atoms with Crippen molar-refractivity contribution in [3.8, 4) is 10.6 Å². The van der Waals surface area contributed by atoms with E-state index in [1.165, 1.54) is 11.3 Å². The second kappa shape index (κ2) is 6.66. The summed E-state index contributed by atoms with van der Waals surface area (Å²) < 4.78 is 14.2. The van der Waals surface area contributed by atoms with Gasteiger partial charge in [0.25, 0.3) is 0 Å². The minimum atomic E-state index is -0.183. The smallest absolute Gasteiger partial charge is 0.128 e. The zero-order chi connectivity index (χ0) is 14.7. The van der Waals surface area contributed by atoms with Crippen LogP contribution in [-0.4, -0.2) is 23.0 Å². The molecule has 108 valence electrons. The molecule has 0 amide bonds. The molecule has 0 N–H and O–H groups in total. The van der Waals surface area contributed by atoms with Gasteiger partial charge < -0.3 is 0 Å². The fourth-order valence-corrected chi connectivity index (χ4v) is 2.81. The standard InChI is InChI=1S/C15H18ClFN2S/c1-10(2)19(3)8-12-5-4-11(6-14(12)17)15-18-13(7-16)9-20-15/h4-6,9-10H,7-8H2,1-3H3. The van der Waals surface area contributed by atoms with E-state index in [1.807, 2.05) is 24.6 Å². The number of benzene rings is 1. The van der Waals surface area contributed by atoms with E-state index in [2.05, 4.69) is 23.7 Å². The lowest BCUT2D eigenvalue weighted by atomic mass is 10.1. The highest BCUT2D eigenvalue weighted by molar-refractivity contribution is 7.13. The first-order valence-electron chi connectivity index (χ1n) is 6.50. The summed E-state index contributed by atoms with van der Waals surface area (Å²) in [5.74, 6) is 0.202. The Labute approximate surface area is 128 Å². The average Bonchev–Trinajstić information content (AvgIpc) is 2.89. The molecule has 20 heavy (non-hydrogen) atoms. The topological polar surface area (TPSA) is 16.1 Å². The van der Waals surface area contributed by atoms with Crippen molar-refractivity contribution in [2.75, 3.05) is 7.05 Å². The van der Waals surface area contributed by atoms with Crippen molar-refractivity contribution in [2.45, 2.75) is 32.3 Å². The van der Waals surface area contributed by atoms with Crippen LogP contribution in [0.5, 0.6) is 0 Å². The molecule has 0 unspecified atom stereocenters. The highest BCUT2D eigenvalue weighted by atomic mass is 35.5. The summed E-state index contributed by atoms with van der Waals surface area (Å²) >= 11 is 7.22. The maximum atomic E-state index is 14.2. The molecule has 2 aromatic rings. The zero-order valence-electron chi connectivity index (χ0n) is 11.9. The molecule has 0 aliphatic rings. The van der Waals surface area contributed by atoms with Crippen LogP contribution < -0.4 is 0 Å². The maximum absolute atomic E-state index is 14.2. The van der Waals surface area contributed by atoms with E-state index in [4.69, 9.17) is 11.6 Å². The van der Waals surface area contributed by atoms with Crippen molar-refractivity contribution in [3.63, 3.8) is 0 Å². The van der Waals surface area contributed by atoms with E-state index in [0.717, 1.165) is 16.3 Å². The molecule has 2 rings (SSSR count). The van der Waals surface area contributed by atoms with Gasteiger partial charge in [0.2, 0.25) is 0 Å². The zero-order valence-corrected chi connectivity index (χ0v) is 13.4. The first-order chi connectivity index (χ1) is 9.51. The van der Waals surface area contributed by atoms with E-state index >= 15 is 0 Å². The summed E-state index contributed by atoms with van der Waals surface area (Å²) in [6.45, 7) is 4.79. The van der Waals surface area contributed by atoms with Crippen LogP contribution in [0.15, 0.2) is 23.6 Å². The molecule has 0 saturated carbocycles. The second-order valence-corrected chi connectivity index (χ2v) is 6.22. The molecule has 5 heteroatoms. The molecular formula is C15H18ClFN2S. The van der Waals surface area contributed by atoms with Crippen molar-refractivity contribution in [2.24, 2.45) is 0 Å². The average molecular weight is 313 g/mol. The molecule has 0 bridgehead atoms.